The van der Waals surface area contributed by atoms with E-state index >= 15 is 0 Å². The Bertz CT molecular complexity index is 1150. The lowest BCUT2D eigenvalue weighted by molar-refractivity contribution is -0.129. The minimum atomic E-state index is -0.221. The number of hydrogen-bond acceptors (Lipinski definition) is 2. The van der Waals surface area contributed by atoms with Gasteiger partial charge in [0.1, 0.15) is 11.6 Å². The normalized spacial score (nSPS) is 23.0. The number of rotatable bonds is 3. The molecular weight excluding hydrogens is 379 g/mol. The van der Waals surface area contributed by atoms with Gasteiger partial charge < -0.3 is 14.6 Å². The molecule has 4 nitrogen and oxygen atoms in total. The lowest BCUT2D eigenvalue weighted by Crippen LogP contribution is -2.54. The van der Waals surface area contributed by atoms with Crippen molar-refractivity contribution in [2.75, 3.05) is 20.2 Å². The molecule has 2 heterocycles. The Kier molecular flexibility index (Phi) is 4.42. The first kappa shape index (κ1) is 18.9. The summed E-state index contributed by atoms with van der Waals surface area (Å²) in [4.78, 5) is 17.8. The van der Waals surface area contributed by atoms with Gasteiger partial charge in [0.05, 0.1) is 7.11 Å². The fourth-order valence-corrected chi connectivity index (χ4v) is 5.53. The first-order valence-corrected chi connectivity index (χ1v) is 10.4. The monoisotopic (exact) mass is 404 g/mol. The van der Waals surface area contributed by atoms with Crippen molar-refractivity contribution in [2.24, 2.45) is 5.92 Å². The smallest absolute Gasteiger partial charge is 0.245 e. The number of hydrogen-bond donors (Lipinski definition) is 1. The minimum Gasteiger partial charge on any atom is -0.497 e. The number of aromatic amines is 1. The first-order chi connectivity index (χ1) is 14.5. The van der Waals surface area contributed by atoms with Crippen molar-refractivity contribution >= 4 is 16.8 Å². The van der Waals surface area contributed by atoms with Crippen LogP contribution in [0.5, 0.6) is 5.75 Å². The van der Waals surface area contributed by atoms with E-state index < -0.39 is 0 Å². The van der Waals surface area contributed by atoms with Crippen LogP contribution in [0.15, 0.2) is 55.1 Å². The van der Waals surface area contributed by atoms with Gasteiger partial charge in [-0.05, 0) is 72.7 Å². The molecule has 0 saturated carbocycles. The maximum atomic E-state index is 14.0. The highest BCUT2D eigenvalue weighted by Gasteiger charge is 2.48. The van der Waals surface area contributed by atoms with Crippen LogP contribution in [0.4, 0.5) is 4.39 Å². The molecule has 1 unspecified atom stereocenters. The van der Waals surface area contributed by atoms with Crippen LogP contribution in [0.2, 0.25) is 0 Å². The minimum absolute atomic E-state index is 0.0231. The molecule has 5 rings (SSSR count). The molecule has 2 aliphatic rings. The third kappa shape index (κ3) is 2.83. The molecule has 1 saturated heterocycles. The van der Waals surface area contributed by atoms with Crippen molar-refractivity contribution in [3.8, 4) is 5.75 Å². The summed E-state index contributed by atoms with van der Waals surface area (Å²) in [6, 6.07) is 13.2. The molecule has 0 bridgehead atoms. The molecule has 2 aromatic carbocycles. The van der Waals surface area contributed by atoms with Gasteiger partial charge in [0.2, 0.25) is 5.91 Å². The van der Waals surface area contributed by atoms with E-state index in [-0.39, 0.29) is 23.1 Å². The number of nitrogens with one attached hydrogen (secondary N) is 1. The van der Waals surface area contributed by atoms with E-state index in [1.807, 2.05) is 23.1 Å². The fourth-order valence-electron chi connectivity index (χ4n) is 5.53. The number of likely N-dealkylation sites (tertiary alicyclic amines) is 1. The molecule has 154 valence electrons. The molecule has 5 heteroatoms. The van der Waals surface area contributed by atoms with E-state index in [0.717, 1.165) is 35.9 Å². The Balaban J connectivity index is 1.64. The number of H-pyrrole nitrogens is 1. The number of nitrogens with zero attached hydrogens (tertiary/aromatic N) is 1. The zero-order chi connectivity index (χ0) is 20.9. The second kappa shape index (κ2) is 7.01. The largest absolute Gasteiger partial charge is 0.497 e. The SMILES string of the molecule is C=CC(=O)N1CC[C@]2(c3cccc(OC)c3)Cc3[nH]c4ccc(F)cc4c3CC2C1. The van der Waals surface area contributed by atoms with Crippen LogP contribution in [-0.4, -0.2) is 36.0 Å². The number of carbonyl (C=O) groups excluding carboxylic acids is 1. The van der Waals surface area contributed by atoms with Gasteiger partial charge in [-0.15, -0.1) is 0 Å². The van der Waals surface area contributed by atoms with E-state index in [1.54, 1.807) is 13.2 Å². The average molecular weight is 404 g/mol. The summed E-state index contributed by atoms with van der Waals surface area (Å²) in [5.41, 5.74) is 4.48. The summed E-state index contributed by atoms with van der Waals surface area (Å²) in [5.74, 6) is 0.831. The van der Waals surface area contributed by atoms with Gasteiger partial charge in [-0.1, -0.05) is 18.7 Å². The Morgan fingerprint density at radius 1 is 1.33 bits per heavy atom. The van der Waals surface area contributed by atoms with Crippen LogP contribution in [-0.2, 0) is 23.1 Å². The molecule has 0 radical (unpaired) electrons. The van der Waals surface area contributed by atoms with Crippen molar-refractivity contribution in [3.63, 3.8) is 0 Å². The number of methoxy groups -OCH3 is 1. The Labute approximate surface area is 175 Å². The summed E-state index contributed by atoms with van der Waals surface area (Å²) in [6.07, 6.45) is 3.91. The van der Waals surface area contributed by atoms with Crippen molar-refractivity contribution in [3.05, 3.63) is 77.8 Å². The number of halogens is 1. The topological polar surface area (TPSA) is 45.3 Å². The lowest BCUT2D eigenvalue weighted by atomic mass is 9.58. The maximum absolute atomic E-state index is 14.0. The van der Waals surface area contributed by atoms with E-state index in [4.69, 9.17) is 4.74 Å². The van der Waals surface area contributed by atoms with Crippen LogP contribution in [0, 0.1) is 11.7 Å². The Morgan fingerprint density at radius 2 is 2.20 bits per heavy atom. The zero-order valence-electron chi connectivity index (χ0n) is 17.1. The summed E-state index contributed by atoms with van der Waals surface area (Å²) in [6.45, 7) is 5.03. The van der Waals surface area contributed by atoms with Crippen molar-refractivity contribution in [2.45, 2.75) is 24.7 Å². The van der Waals surface area contributed by atoms with Gasteiger partial charge in [-0.3, -0.25) is 4.79 Å². The Hall–Kier alpha value is -3.08. The van der Waals surface area contributed by atoms with Crippen molar-refractivity contribution in [1.29, 1.82) is 0 Å². The standard InChI is InChI=1S/C25H25FN2O2/c1-3-24(29)28-10-9-25(16-5-4-6-19(11-16)30-2)14-23-20(12-17(25)15-28)21-13-18(26)7-8-22(21)27-23/h3-8,11,13,17,27H,1,9-10,12,14-15H2,2H3/t17?,25-/m1/s1. The number of ether oxygens (including phenoxy) is 1. The Morgan fingerprint density at radius 3 is 3.00 bits per heavy atom. The van der Waals surface area contributed by atoms with E-state index in [1.165, 1.54) is 29.0 Å². The van der Waals surface area contributed by atoms with Crippen molar-refractivity contribution < 1.29 is 13.9 Å². The fraction of sp³-hybridized carbons (Fsp3) is 0.320. The van der Waals surface area contributed by atoms with E-state index in [0.29, 0.717) is 13.1 Å². The van der Waals surface area contributed by atoms with Crippen LogP contribution in [0.25, 0.3) is 10.9 Å². The lowest BCUT2D eigenvalue weighted by Gasteiger charge is -2.51. The summed E-state index contributed by atoms with van der Waals surface area (Å²) < 4.78 is 19.5. The van der Waals surface area contributed by atoms with Crippen LogP contribution in [0.3, 0.4) is 0 Å². The second-order valence-corrected chi connectivity index (χ2v) is 8.48. The first-order valence-electron chi connectivity index (χ1n) is 10.4. The van der Waals surface area contributed by atoms with Gasteiger partial charge in [-0.2, -0.15) is 0 Å². The number of amides is 1. The number of piperidine rings is 1. The number of carbonyl (C=O) groups is 1. The molecule has 2 atom stereocenters. The van der Waals surface area contributed by atoms with Crippen LogP contribution < -0.4 is 4.74 Å². The molecule has 1 fully saturated rings. The number of fused-ring (bicyclic) bond motifs is 4. The van der Waals surface area contributed by atoms with Gasteiger partial charge in [0.15, 0.2) is 0 Å². The molecule has 3 aromatic rings. The summed E-state index contributed by atoms with van der Waals surface area (Å²) >= 11 is 0. The molecule has 1 aliphatic carbocycles. The quantitative estimate of drug-likeness (QED) is 0.658. The van der Waals surface area contributed by atoms with Gasteiger partial charge >= 0.3 is 0 Å². The molecule has 1 aliphatic heterocycles. The molecule has 1 amide bonds. The van der Waals surface area contributed by atoms with Gasteiger partial charge in [0.25, 0.3) is 0 Å². The molecule has 30 heavy (non-hydrogen) atoms. The molecule has 1 N–H and O–H groups in total. The third-order valence-electron chi connectivity index (χ3n) is 7.08. The highest BCUT2D eigenvalue weighted by molar-refractivity contribution is 5.87. The predicted molar refractivity (Wildman–Crippen MR) is 115 cm³/mol. The van der Waals surface area contributed by atoms with Crippen molar-refractivity contribution in [1.82, 2.24) is 9.88 Å². The second-order valence-electron chi connectivity index (χ2n) is 8.48. The van der Waals surface area contributed by atoms with Gasteiger partial charge in [-0.25, -0.2) is 4.39 Å². The van der Waals surface area contributed by atoms with Crippen LogP contribution in [0.1, 0.15) is 23.2 Å². The number of aromatic nitrogens is 1. The predicted octanol–water partition coefficient (Wildman–Crippen LogP) is 4.39. The van der Waals surface area contributed by atoms with Crippen LogP contribution >= 0.6 is 0 Å². The molecular formula is C25H25FN2O2. The van der Waals surface area contributed by atoms with E-state index in [2.05, 4.69) is 23.7 Å². The highest BCUT2D eigenvalue weighted by Crippen LogP contribution is 2.49. The zero-order valence-corrected chi connectivity index (χ0v) is 17.1. The number of benzene rings is 2. The van der Waals surface area contributed by atoms with E-state index in [9.17, 15) is 9.18 Å². The average Bonchev–Trinajstić information content (AvgIpc) is 3.12. The van der Waals surface area contributed by atoms with Gasteiger partial charge in [0, 0.05) is 35.1 Å². The molecule has 0 spiro atoms. The summed E-state index contributed by atoms with van der Waals surface area (Å²) in [7, 11) is 1.69. The third-order valence-corrected chi connectivity index (χ3v) is 7.08. The molecule has 1 aromatic heterocycles. The highest BCUT2D eigenvalue weighted by atomic mass is 19.1. The maximum Gasteiger partial charge on any atom is 0.245 e. The summed E-state index contributed by atoms with van der Waals surface area (Å²) in [5, 5.41) is 0.955.